The van der Waals surface area contributed by atoms with E-state index in [9.17, 15) is 15.4 Å². The van der Waals surface area contributed by atoms with Crippen molar-refractivity contribution in [1.82, 2.24) is 10.2 Å². The second kappa shape index (κ2) is 6.44. The normalized spacial score (nSPS) is 15.7. The fourth-order valence-corrected chi connectivity index (χ4v) is 3.36. The van der Waals surface area contributed by atoms with Crippen molar-refractivity contribution >= 4 is 17.3 Å². The van der Waals surface area contributed by atoms with Gasteiger partial charge in [0.15, 0.2) is 0 Å². The summed E-state index contributed by atoms with van der Waals surface area (Å²) in [6.45, 7) is 1.79. The standard InChI is InChI=1S/C18H12ClN5O4/c1-8-15-16(11(7-20)17(21)28-18(15)23-22-8)14-5-4-13(27-14)10-6-9(24(25)26)2-3-12(10)19/h2-6,16H,21H2,1H3,(H,22,23). The monoisotopic (exact) mass is 397 g/mol. The molecule has 0 amide bonds. The highest BCUT2D eigenvalue weighted by atomic mass is 35.5. The van der Waals surface area contributed by atoms with E-state index in [1.165, 1.54) is 18.2 Å². The van der Waals surface area contributed by atoms with Crippen molar-refractivity contribution in [2.45, 2.75) is 12.8 Å². The Kier molecular flexibility index (Phi) is 4.05. The molecule has 140 valence electrons. The highest BCUT2D eigenvalue weighted by Crippen LogP contribution is 2.44. The smallest absolute Gasteiger partial charge is 0.270 e. The highest BCUT2D eigenvalue weighted by molar-refractivity contribution is 6.33. The van der Waals surface area contributed by atoms with Crippen LogP contribution < -0.4 is 10.5 Å². The maximum Gasteiger partial charge on any atom is 0.270 e. The van der Waals surface area contributed by atoms with E-state index in [0.29, 0.717) is 33.4 Å². The minimum Gasteiger partial charge on any atom is -0.460 e. The number of non-ortho nitro benzene ring substituents is 1. The van der Waals surface area contributed by atoms with Gasteiger partial charge in [-0.25, -0.2) is 0 Å². The average Bonchev–Trinajstić information content (AvgIpc) is 3.28. The van der Waals surface area contributed by atoms with Crippen molar-refractivity contribution in [2.75, 3.05) is 0 Å². The predicted molar refractivity (Wildman–Crippen MR) is 98.4 cm³/mol. The molecule has 3 aromatic rings. The predicted octanol–water partition coefficient (Wildman–Crippen LogP) is 3.76. The number of H-pyrrole nitrogens is 1. The lowest BCUT2D eigenvalue weighted by atomic mass is 9.88. The van der Waals surface area contributed by atoms with Gasteiger partial charge in [0, 0.05) is 23.4 Å². The lowest BCUT2D eigenvalue weighted by Crippen LogP contribution is -2.20. The number of nitro groups is 1. The first-order valence-corrected chi connectivity index (χ1v) is 8.45. The van der Waals surface area contributed by atoms with E-state index in [0.717, 1.165) is 0 Å². The molecule has 10 heteroatoms. The third-order valence-corrected chi connectivity index (χ3v) is 4.80. The van der Waals surface area contributed by atoms with E-state index in [1.807, 2.05) is 0 Å². The zero-order valence-corrected chi connectivity index (χ0v) is 15.1. The van der Waals surface area contributed by atoms with Crippen LogP contribution in [0.4, 0.5) is 5.69 Å². The van der Waals surface area contributed by atoms with Crippen molar-refractivity contribution in [2.24, 2.45) is 5.73 Å². The number of nitrogens with one attached hydrogen (secondary N) is 1. The van der Waals surface area contributed by atoms with Crippen molar-refractivity contribution in [1.29, 1.82) is 5.26 Å². The molecule has 1 unspecified atom stereocenters. The van der Waals surface area contributed by atoms with Gasteiger partial charge in [-0.1, -0.05) is 11.6 Å². The van der Waals surface area contributed by atoms with Crippen LogP contribution in [-0.2, 0) is 0 Å². The van der Waals surface area contributed by atoms with Crippen LogP contribution in [0.5, 0.6) is 5.88 Å². The quantitative estimate of drug-likeness (QED) is 0.505. The average molecular weight is 398 g/mol. The number of allylic oxidation sites excluding steroid dienone is 1. The first-order chi connectivity index (χ1) is 13.4. The van der Waals surface area contributed by atoms with Gasteiger partial charge in [-0.15, -0.1) is 5.10 Å². The van der Waals surface area contributed by atoms with E-state index in [-0.39, 0.29) is 23.0 Å². The molecule has 0 aliphatic carbocycles. The Morgan fingerprint density at radius 2 is 2.18 bits per heavy atom. The fraction of sp³-hybridized carbons (Fsp3) is 0.111. The summed E-state index contributed by atoms with van der Waals surface area (Å²) in [5.74, 6) is 0.321. The summed E-state index contributed by atoms with van der Waals surface area (Å²) in [5, 5.41) is 27.8. The third kappa shape index (κ3) is 2.67. The molecular weight excluding hydrogens is 386 g/mol. The molecule has 28 heavy (non-hydrogen) atoms. The molecule has 4 rings (SSSR count). The van der Waals surface area contributed by atoms with E-state index in [4.69, 9.17) is 26.5 Å². The van der Waals surface area contributed by atoms with E-state index in [2.05, 4.69) is 16.3 Å². The Hall–Kier alpha value is -3.77. The number of furan rings is 1. The molecule has 0 radical (unpaired) electrons. The van der Waals surface area contributed by atoms with Crippen LogP contribution >= 0.6 is 11.6 Å². The van der Waals surface area contributed by atoms with E-state index >= 15 is 0 Å². The van der Waals surface area contributed by atoms with Gasteiger partial charge in [0.25, 0.3) is 5.69 Å². The molecule has 1 aliphatic rings. The second-order valence-electron chi connectivity index (χ2n) is 6.12. The summed E-state index contributed by atoms with van der Waals surface area (Å²) < 4.78 is 11.4. The zero-order chi connectivity index (χ0) is 20.0. The van der Waals surface area contributed by atoms with Crippen LogP contribution in [0.1, 0.15) is 22.9 Å². The summed E-state index contributed by atoms with van der Waals surface area (Å²) in [6, 6.07) is 9.44. The van der Waals surface area contributed by atoms with Crippen molar-refractivity contribution in [3.63, 3.8) is 0 Å². The maximum atomic E-state index is 11.1. The number of nitrogens with two attached hydrogens (primary N) is 1. The number of benzene rings is 1. The molecule has 0 saturated heterocycles. The molecule has 0 fully saturated rings. The molecule has 0 saturated carbocycles. The third-order valence-electron chi connectivity index (χ3n) is 4.47. The summed E-state index contributed by atoms with van der Waals surface area (Å²) in [6.07, 6.45) is 0. The Balaban J connectivity index is 1.84. The summed E-state index contributed by atoms with van der Waals surface area (Å²) in [5.41, 5.74) is 7.66. The molecule has 0 spiro atoms. The number of aromatic nitrogens is 2. The Labute approximate surface area is 163 Å². The highest BCUT2D eigenvalue weighted by Gasteiger charge is 2.36. The van der Waals surface area contributed by atoms with Crippen LogP contribution in [0.2, 0.25) is 5.02 Å². The first-order valence-electron chi connectivity index (χ1n) is 8.07. The molecule has 0 bridgehead atoms. The number of nitro benzene ring substituents is 1. The number of ether oxygens (including phenoxy) is 1. The van der Waals surface area contributed by atoms with Gasteiger partial charge in [-0.05, 0) is 25.1 Å². The van der Waals surface area contributed by atoms with Crippen LogP contribution in [0.25, 0.3) is 11.3 Å². The van der Waals surface area contributed by atoms with Crippen LogP contribution in [-0.4, -0.2) is 15.1 Å². The van der Waals surface area contributed by atoms with Crippen LogP contribution in [0.15, 0.2) is 46.2 Å². The number of halogens is 1. The van der Waals surface area contributed by atoms with Gasteiger partial charge in [0.05, 0.1) is 21.4 Å². The maximum absolute atomic E-state index is 11.1. The topological polar surface area (TPSA) is 144 Å². The zero-order valence-electron chi connectivity index (χ0n) is 14.4. The fourth-order valence-electron chi connectivity index (χ4n) is 3.15. The number of nitrogens with zero attached hydrogens (tertiary/aromatic N) is 3. The van der Waals surface area contributed by atoms with Crippen molar-refractivity contribution in [3.05, 3.63) is 73.9 Å². The number of nitriles is 1. The molecule has 1 aliphatic heterocycles. The molecule has 2 aromatic heterocycles. The minimum absolute atomic E-state index is 0.0576. The molecule has 9 nitrogen and oxygen atoms in total. The lowest BCUT2D eigenvalue weighted by Gasteiger charge is -2.21. The van der Waals surface area contributed by atoms with Gasteiger partial charge in [0.1, 0.15) is 23.2 Å². The summed E-state index contributed by atoms with van der Waals surface area (Å²) >= 11 is 6.20. The number of fused-ring (bicyclic) bond motifs is 1. The Morgan fingerprint density at radius 1 is 1.39 bits per heavy atom. The molecule has 1 atom stereocenters. The molecule has 3 N–H and O–H groups in total. The number of aryl methyl sites for hydroxylation is 1. The first kappa shape index (κ1) is 17.6. The van der Waals surface area contributed by atoms with Crippen LogP contribution in [0, 0.1) is 28.4 Å². The molecular formula is C18H12ClN5O4. The van der Waals surface area contributed by atoms with Crippen molar-refractivity contribution in [3.8, 4) is 23.3 Å². The number of hydrogen-bond donors (Lipinski definition) is 2. The lowest BCUT2D eigenvalue weighted by molar-refractivity contribution is -0.384. The summed E-state index contributed by atoms with van der Waals surface area (Å²) in [4.78, 5) is 10.5. The Morgan fingerprint density at radius 3 is 2.89 bits per heavy atom. The molecule has 3 heterocycles. The van der Waals surface area contributed by atoms with Gasteiger partial charge in [-0.3, -0.25) is 15.2 Å². The van der Waals surface area contributed by atoms with Gasteiger partial charge < -0.3 is 14.9 Å². The molecule has 1 aromatic carbocycles. The second-order valence-corrected chi connectivity index (χ2v) is 6.52. The largest absolute Gasteiger partial charge is 0.460 e. The Bertz CT molecular complexity index is 1190. The van der Waals surface area contributed by atoms with Gasteiger partial charge >= 0.3 is 0 Å². The number of rotatable bonds is 3. The number of hydrogen-bond acceptors (Lipinski definition) is 7. The van der Waals surface area contributed by atoms with Gasteiger partial charge in [0.2, 0.25) is 11.8 Å². The van der Waals surface area contributed by atoms with Crippen LogP contribution in [0.3, 0.4) is 0 Å². The number of aromatic amines is 1. The van der Waals surface area contributed by atoms with Crippen molar-refractivity contribution < 1.29 is 14.1 Å². The summed E-state index contributed by atoms with van der Waals surface area (Å²) in [7, 11) is 0. The minimum atomic E-state index is -0.626. The van der Waals surface area contributed by atoms with E-state index < -0.39 is 10.8 Å². The SMILES string of the molecule is Cc1[nH]nc2c1C(c1ccc(-c3cc([N+](=O)[O-])ccc3Cl)o1)C(C#N)=C(N)O2. The van der Waals surface area contributed by atoms with E-state index in [1.54, 1.807) is 19.1 Å². The van der Waals surface area contributed by atoms with Gasteiger partial charge in [-0.2, -0.15) is 5.26 Å².